The van der Waals surface area contributed by atoms with Crippen LogP contribution in [0.25, 0.3) is 0 Å². The number of nitrogens with zero attached hydrogens (tertiary/aromatic N) is 2. The van der Waals surface area contributed by atoms with Gasteiger partial charge >= 0.3 is 5.97 Å². The van der Waals surface area contributed by atoms with E-state index in [1.54, 1.807) is 39.3 Å². The monoisotopic (exact) mass is 483 g/mol. The molecule has 35 heavy (non-hydrogen) atoms. The number of nitrogens with one attached hydrogen (secondary N) is 1. The number of carbonyl (C=O) groups excluding carboxylic acids is 1. The molecule has 0 aliphatic rings. The zero-order valence-electron chi connectivity index (χ0n) is 22.6. The quantitative estimate of drug-likeness (QED) is 0.409. The zero-order valence-corrected chi connectivity index (χ0v) is 22.6. The Labute approximate surface area is 209 Å². The van der Waals surface area contributed by atoms with Crippen molar-refractivity contribution in [3.05, 3.63) is 63.1 Å². The maximum Gasteiger partial charge on any atom is 0.326 e. The number of aliphatic imine (C=N–C) groups is 1. The van der Waals surface area contributed by atoms with Gasteiger partial charge in [-0.1, -0.05) is 26.0 Å². The second-order valence-corrected chi connectivity index (χ2v) is 10.4. The Balaban J connectivity index is 2.39. The Morgan fingerprint density at radius 3 is 2.37 bits per heavy atom. The standard InChI is InChI=1S/C28H41N3O4/c1-10-17(2)24(22-13-19(4)26(33)31(9)16-22)30-23-14-21(12-11-18(23)3)15-29-25(20(5)32)27(34)35-28(6,7)8/h11-14,16-17,20,25,29,32H,10,15H2,1-9H3. The lowest BCUT2D eigenvalue weighted by atomic mass is 9.96. The Bertz CT molecular complexity index is 1100. The van der Waals surface area contributed by atoms with Gasteiger partial charge in [-0.3, -0.25) is 19.9 Å². The van der Waals surface area contributed by atoms with Crippen LogP contribution in [0, 0.1) is 19.8 Å². The lowest BCUT2D eigenvalue weighted by molar-refractivity contribution is -0.160. The van der Waals surface area contributed by atoms with Crippen molar-refractivity contribution in [1.29, 1.82) is 0 Å². The molecule has 0 aliphatic heterocycles. The third kappa shape index (κ3) is 7.87. The fourth-order valence-electron chi connectivity index (χ4n) is 3.73. The van der Waals surface area contributed by atoms with Crippen LogP contribution < -0.4 is 10.9 Å². The molecule has 0 fully saturated rings. The first kappa shape index (κ1) is 28.5. The van der Waals surface area contributed by atoms with Crippen LogP contribution in [0.3, 0.4) is 0 Å². The molecule has 2 aromatic rings. The van der Waals surface area contributed by atoms with Gasteiger partial charge in [-0.05, 0) is 77.1 Å². The maximum atomic E-state index is 12.5. The summed E-state index contributed by atoms with van der Waals surface area (Å²) in [4.78, 5) is 29.8. The van der Waals surface area contributed by atoms with Gasteiger partial charge in [-0.25, -0.2) is 0 Å². The highest BCUT2D eigenvalue weighted by atomic mass is 16.6. The number of rotatable bonds is 9. The summed E-state index contributed by atoms with van der Waals surface area (Å²) in [6.45, 7) is 15.4. The van der Waals surface area contributed by atoms with Crippen LogP contribution >= 0.6 is 0 Å². The molecular weight excluding hydrogens is 442 g/mol. The highest BCUT2D eigenvalue weighted by Gasteiger charge is 2.28. The van der Waals surface area contributed by atoms with Crippen LogP contribution in [-0.4, -0.2) is 39.1 Å². The van der Waals surface area contributed by atoms with Crippen LogP contribution in [0.1, 0.15) is 70.2 Å². The lowest BCUT2D eigenvalue weighted by Crippen LogP contribution is -2.47. The predicted molar refractivity (Wildman–Crippen MR) is 141 cm³/mol. The first-order chi connectivity index (χ1) is 16.2. The van der Waals surface area contributed by atoms with E-state index >= 15 is 0 Å². The minimum absolute atomic E-state index is 0.0147. The first-order valence-corrected chi connectivity index (χ1v) is 12.2. The van der Waals surface area contributed by atoms with Crippen molar-refractivity contribution in [2.45, 2.75) is 86.1 Å². The van der Waals surface area contributed by atoms with Gasteiger partial charge in [0.05, 0.1) is 17.5 Å². The summed E-state index contributed by atoms with van der Waals surface area (Å²) < 4.78 is 7.05. The molecular formula is C28H41N3O4. The van der Waals surface area contributed by atoms with E-state index in [4.69, 9.17) is 9.73 Å². The number of pyridine rings is 1. The number of carbonyl (C=O) groups is 1. The van der Waals surface area contributed by atoms with Gasteiger partial charge in [0.15, 0.2) is 0 Å². The summed E-state index contributed by atoms with van der Waals surface area (Å²) in [6, 6.07) is 7.04. The van der Waals surface area contributed by atoms with Crippen molar-refractivity contribution in [3.8, 4) is 0 Å². The number of hydrogen-bond donors (Lipinski definition) is 2. The fourth-order valence-corrected chi connectivity index (χ4v) is 3.73. The summed E-state index contributed by atoms with van der Waals surface area (Å²) in [5.41, 5.74) is 4.68. The summed E-state index contributed by atoms with van der Waals surface area (Å²) in [6.07, 6.45) is 1.85. The number of ether oxygens (including phenoxy) is 1. The van der Waals surface area contributed by atoms with Crippen LogP contribution in [0.5, 0.6) is 0 Å². The Morgan fingerprint density at radius 1 is 1.17 bits per heavy atom. The molecule has 7 heteroatoms. The van der Waals surface area contributed by atoms with E-state index in [9.17, 15) is 14.7 Å². The number of esters is 1. The number of aliphatic hydroxyl groups excluding tert-OH is 1. The van der Waals surface area contributed by atoms with Crippen LogP contribution in [0.15, 0.2) is 40.2 Å². The van der Waals surface area contributed by atoms with E-state index in [1.807, 2.05) is 44.3 Å². The van der Waals surface area contributed by atoms with Crippen molar-refractivity contribution in [2.75, 3.05) is 0 Å². The summed E-state index contributed by atoms with van der Waals surface area (Å²) >= 11 is 0. The second kappa shape index (κ2) is 11.8. The molecule has 0 aliphatic carbocycles. The molecule has 1 heterocycles. The van der Waals surface area contributed by atoms with Gasteiger partial charge in [0.25, 0.3) is 5.56 Å². The minimum Gasteiger partial charge on any atom is -0.459 e. The highest BCUT2D eigenvalue weighted by molar-refractivity contribution is 6.03. The topological polar surface area (TPSA) is 92.9 Å². The molecule has 0 amide bonds. The van der Waals surface area contributed by atoms with Crippen LogP contribution in [0.4, 0.5) is 5.69 Å². The molecule has 3 unspecified atom stereocenters. The molecule has 0 saturated carbocycles. The number of aromatic nitrogens is 1. The number of aliphatic hydroxyl groups is 1. The van der Waals surface area contributed by atoms with Crippen molar-refractivity contribution in [1.82, 2.24) is 9.88 Å². The number of benzene rings is 1. The molecule has 1 aromatic carbocycles. The zero-order chi connectivity index (χ0) is 26.5. The number of hydrogen-bond acceptors (Lipinski definition) is 6. The summed E-state index contributed by atoms with van der Waals surface area (Å²) in [5, 5.41) is 13.3. The highest BCUT2D eigenvalue weighted by Crippen LogP contribution is 2.25. The third-order valence-corrected chi connectivity index (χ3v) is 5.92. The Hall–Kier alpha value is -2.77. The summed E-state index contributed by atoms with van der Waals surface area (Å²) in [7, 11) is 1.76. The molecule has 0 bridgehead atoms. The van der Waals surface area contributed by atoms with Crippen molar-refractivity contribution in [2.24, 2.45) is 18.0 Å². The van der Waals surface area contributed by atoms with E-state index in [-0.39, 0.29) is 11.5 Å². The molecule has 0 saturated heterocycles. The van der Waals surface area contributed by atoms with Gasteiger partial charge in [0.1, 0.15) is 11.6 Å². The van der Waals surface area contributed by atoms with Crippen LogP contribution in [0.2, 0.25) is 0 Å². The van der Waals surface area contributed by atoms with Crippen molar-refractivity contribution < 1.29 is 14.6 Å². The third-order valence-electron chi connectivity index (χ3n) is 5.92. The van der Waals surface area contributed by atoms with Gasteiger partial charge in [-0.15, -0.1) is 0 Å². The van der Waals surface area contributed by atoms with E-state index in [0.717, 1.165) is 34.5 Å². The van der Waals surface area contributed by atoms with E-state index in [1.165, 1.54) is 0 Å². The van der Waals surface area contributed by atoms with Crippen molar-refractivity contribution >= 4 is 17.4 Å². The normalized spacial score (nSPS) is 15.0. The van der Waals surface area contributed by atoms with E-state index in [0.29, 0.717) is 12.1 Å². The molecule has 3 atom stereocenters. The largest absolute Gasteiger partial charge is 0.459 e. The Kier molecular flexibility index (Phi) is 9.58. The van der Waals surface area contributed by atoms with Crippen molar-refractivity contribution in [3.63, 3.8) is 0 Å². The molecule has 0 spiro atoms. The molecule has 2 N–H and O–H groups in total. The van der Waals surface area contributed by atoms with E-state index in [2.05, 4.69) is 19.2 Å². The first-order valence-electron chi connectivity index (χ1n) is 12.2. The van der Waals surface area contributed by atoms with Gasteiger partial charge in [-0.2, -0.15) is 0 Å². The predicted octanol–water partition coefficient (Wildman–Crippen LogP) is 4.35. The van der Waals surface area contributed by atoms with E-state index < -0.39 is 23.7 Å². The Morgan fingerprint density at radius 2 is 1.83 bits per heavy atom. The summed E-state index contributed by atoms with van der Waals surface area (Å²) in [5.74, 6) is -0.290. The maximum absolute atomic E-state index is 12.5. The van der Waals surface area contributed by atoms with Gasteiger partial charge < -0.3 is 14.4 Å². The number of aryl methyl sites for hydroxylation is 3. The minimum atomic E-state index is -0.905. The molecule has 192 valence electrons. The SMILES string of the molecule is CCC(C)C(=Nc1cc(CNC(C(=O)OC(C)(C)C)C(C)O)ccc1C)c1cc(C)c(=O)n(C)c1. The van der Waals surface area contributed by atoms with Gasteiger partial charge in [0.2, 0.25) is 0 Å². The molecule has 2 rings (SSSR count). The van der Waals surface area contributed by atoms with Crippen LogP contribution in [-0.2, 0) is 23.1 Å². The fraction of sp³-hybridized carbons (Fsp3) is 0.536. The molecule has 1 aromatic heterocycles. The average molecular weight is 484 g/mol. The molecule has 7 nitrogen and oxygen atoms in total. The average Bonchev–Trinajstić information content (AvgIpc) is 2.75. The van der Waals surface area contributed by atoms with Gasteiger partial charge in [0, 0.05) is 30.9 Å². The smallest absolute Gasteiger partial charge is 0.326 e. The second-order valence-electron chi connectivity index (χ2n) is 10.4. The molecule has 0 radical (unpaired) electrons. The lowest BCUT2D eigenvalue weighted by Gasteiger charge is -2.26.